The van der Waals surface area contributed by atoms with E-state index in [0.717, 1.165) is 61.7 Å². The monoisotopic (exact) mass is 777 g/mol. The van der Waals surface area contributed by atoms with Crippen LogP contribution in [0.5, 0.6) is 0 Å². The summed E-state index contributed by atoms with van der Waals surface area (Å²) in [5.41, 5.74) is 7.31. The first-order chi connectivity index (χ1) is 27.6. The van der Waals surface area contributed by atoms with E-state index in [2.05, 4.69) is 211 Å². The molecule has 0 aromatic heterocycles. The van der Waals surface area contributed by atoms with Gasteiger partial charge >= 0.3 is 0 Å². The number of thioether (sulfide) groups is 2. The van der Waals surface area contributed by atoms with E-state index >= 15 is 0 Å². The molecule has 0 saturated heterocycles. The van der Waals surface area contributed by atoms with Crippen molar-refractivity contribution >= 4 is 29.4 Å². The average molecular weight is 778 g/mol. The zero-order valence-corrected chi connectivity index (χ0v) is 34.4. The number of carbonyl (C=O) groups excluding carboxylic acids is 1. The minimum absolute atomic E-state index is 0.0523. The molecule has 4 nitrogen and oxygen atoms in total. The van der Waals surface area contributed by atoms with Crippen LogP contribution < -0.4 is 5.32 Å². The number of amides is 1. The van der Waals surface area contributed by atoms with E-state index in [1.54, 1.807) is 11.8 Å². The fourth-order valence-electron chi connectivity index (χ4n) is 7.60. The van der Waals surface area contributed by atoms with Crippen LogP contribution in [0.4, 0.5) is 0 Å². The molecule has 0 unspecified atom stereocenters. The number of hydrogen-bond acceptors (Lipinski definition) is 5. The van der Waals surface area contributed by atoms with Crippen LogP contribution in [0.3, 0.4) is 0 Å². The topological polar surface area (TPSA) is 35.6 Å². The van der Waals surface area contributed by atoms with E-state index in [1.807, 2.05) is 11.8 Å². The first-order valence-electron chi connectivity index (χ1n) is 19.9. The van der Waals surface area contributed by atoms with Crippen molar-refractivity contribution in [3.05, 3.63) is 215 Å². The van der Waals surface area contributed by atoms with Crippen molar-refractivity contribution in [1.82, 2.24) is 15.1 Å². The lowest BCUT2D eigenvalue weighted by Crippen LogP contribution is -2.41. The molecule has 56 heavy (non-hydrogen) atoms. The van der Waals surface area contributed by atoms with Gasteiger partial charge in [0.15, 0.2) is 0 Å². The van der Waals surface area contributed by atoms with E-state index in [9.17, 15) is 4.79 Å². The number of hydrogen-bond donors (Lipinski definition) is 1. The Hall–Kier alpha value is -4.59. The third-order valence-corrected chi connectivity index (χ3v) is 13.7. The molecule has 0 fully saturated rings. The number of nitrogens with one attached hydrogen (secondary N) is 1. The van der Waals surface area contributed by atoms with Gasteiger partial charge < -0.3 is 10.2 Å². The van der Waals surface area contributed by atoms with Crippen molar-refractivity contribution in [3.63, 3.8) is 0 Å². The van der Waals surface area contributed by atoms with Gasteiger partial charge in [0.2, 0.25) is 5.91 Å². The Kier molecular flexibility index (Phi) is 15.5. The van der Waals surface area contributed by atoms with Crippen LogP contribution in [0.2, 0.25) is 0 Å². The molecule has 0 aliphatic heterocycles. The summed E-state index contributed by atoms with van der Waals surface area (Å²) < 4.78 is -0.889. The Morgan fingerprint density at radius 3 is 1.11 bits per heavy atom. The van der Waals surface area contributed by atoms with Crippen LogP contribution in [0.15, 0.2) is 182 Å². The molecule has 0 saturated carbocycles. The fraction of sp³-hybridized carbons (Fsp3) is 0.260. The van der Waals surface area contributed by atoms with Crippen molar-refractivity contribution in [1.29, 1.82) is 0 Å². The van der Waals surface area contributed by atoms with Gasteiger partial charge in [0, 0.05) is 38.5 Å². The molecule has 288 valence electrons. The Balaban J connectivity index is 1.17. The van der Waals surface area contributed by atoms with Crippen LogP contribution >= 0.6 is 23.5 Å². The molecule has 0 heterocycles. The summed E-state index contributed by atoms with van der Waals surface area (Å²) in [6.45, 7) is 10.7. The van der Waals surface area contributed by atoms with Crippen LogP contribution in [-0.4, -0.2) is 73.0 Å². The molecule has 0 atom stereocenters. The summed E-state index contributed by atoms with van der Waals surface area (Å²) in [5, 5.41) is 3.32. The number of nitrogens with zero attached hydrogens (tertiary/aromatic N) is 2. The van der Waals surface area contributed by atoms with Gasteiger partial charge in [-0.15, -0.1) is 23.5 Å². The summed E-state index contributed by atoms with van der Waals surface area (Å²) in [5.74, 6) is 1.31. The van der Waals surface area contributed by atoms with Gasteiger partial charge in [-0.25, -0.2) is 0 Å². The largest absolute Gasteiger partial charge is 0.354 e. The maximum atomic E-state index is 13.8. The van der Waals surface area contributed by atoms with Crippen molar-refractivity contribution in [2.24, 2.45) is 0 Å². The second-order valence-corrected chi connectivity index (χ2v) is 16.4. The first kappa shape index (κ1) is 41.1. The van der Waals surface area contributed by atoms with Crippen LogP contribution in [-0.2, 0) is 14.3 Å². The Morgan fingerprint density at radius 2 is 0.768 bits per heavy atom. The Bertz CT molecular complexity index is 1800. The summed E-state index contributed by atoms with van der Waals surface area (Å²) in [6.07, 6.45) is 0. The quantitative estimate of drug-likeness (QED) is 0.0737. The minimum atomic E-state index is -0.531. The second kappa shape index (κ2) is 21.1. The first-order valence-corrected chi connectivity index (χ1v) is 21.9. The molecule has 1 N–H and O–H groups in total. The Morgan fingerprint density at radius 1 is 0.446 bits per heavy atom. The van der Waals surface area contributed by atoms with E-state index in [1.165, 1.54) is 16.7 Å². The maximum absolute atomic E-state index is 13.8. The molecule has 0 bridgehead atoms. The zero-order chi connectivity index (χ0) is 38.9. The van der Waals surface area contributed by atoms with Gasteiger partial charge in [0.1, 0.15) is 0 Å². The van der Waals surface area contributed by atoms with Crippen LogP contribution in [0.25, 0.3) is 0 Å². The lowest BCUT2D eigenvalue weighted by atomic mass is 9.84. The average Bonchev–Trinajstić information content (AvgIpc) is 3.27. The van der Waals surface area contributed by atoms with E-state index in [0.29, 0.717) is 12.3 Å². The van der Waals surface area contributed by atoms with Gasteiger partial charge in [-0.3, -0.25) is 9.69 Å². The van der Waals surface area contributed by atoms with Gasteiger partial charge in [0.25, 0.3) is 0 Å². The molecular formula is C50H55N3OS2. The Labute approximate surface area is 343 Å². The summed E-state index contributed by atoms with van der Waals surface area (Å²) >= 11 is 3.69. The molecule has 0 aliphatic rings. The smallest absolute Gasteiger partial charge is 0.230 e. The van der Waals surface area contributed by atoms with Crippen LogP contribution in [0, 0.1) is 0 Å². The van der Waals surface area contributed by atoms with Gasteiger partial charge in [-0.05, 0) is 46.5 Å². The third-order valence-electron chi connectivity index (χ3n) is 10.6. The number of likely N-dealkylation sites (N-methyl/N-ethyl adjacent to an activating group) is 1. The molecule has 6 aromatic rings. The van der Waals surface area contributed by atoms with E-state index < -0.39 is 4.75 Å². The predicted molar refractivity (Wildman–Crippen MR) is 241 cm³/mol. The van der Waals surface area contributed by atoms with Crippen molar-refractivity contribution < 1.29 is 4.79 Å². The zero-order valence-electron chi connectivity index (χ0n) is 32.8. The van der Waals surface area contributed by atoms with Crippen molar-refractivity contribution in [3.8, 4) is 0 Å². The molecule has 6 aromatic carbocycles. The molecule has 0 aliphatic carbocycles. The highest BCUT2D eigenvalue weighted by Crippen LogP contribution is 2.49. The van der Waals surface area contributed by atoms with E-state index in [-0.39, 0.29) is 10.7 Å². The number of rotatable bonds is 21. The van der Waals surface area contributed by atoms with Crippen molar-refractivity contribution in [2.45, 2.75) is 23.3 Å². The highest BCUT2D eigenvalue weighted by molar-refractivity contribution is 8.01. The SMILES string of the molecule is CCN(CC)CCN(CCNC(=O)CSC(c1ccccc1)(c1ccccc1)c1ccccc1)CCSC(c1ccccc1)(c1ccccc1)c1ccccc1. The summed E-state index contributed by atoms with van der Waals surface area (Å²) in [4.78, 5) is 18.8. The number of carbonyl (C=O) groups is 1. The molecule has 0 radical (unpaired) electrons. The van der Waals surface area contributed by atoms with Crippen molar-refractivity contribution in [2.75, 3.05) is 57.3 Å². The molecule has 6 rings (SSSR count). The highest BCUT2D eigenvalue weighted by atomic mass is 32.2. The predicted octanol–water partition coefficient (Wildman–Crippen LogP) is 10.2. The molecule has 0 spiro atoms. The highest BCUT2D eigenvalue weighted by Gasteiger charge is 2.38. The maximum Gasteiger partial charge on any atom is 0.230 e. The second-order valence-electron chi connectivity index (χ2n) is 13.9. The van der Waals surface area contributed by atoms with E-state index in [4.69, 9.17) is 0 Å². The van der Waals surface area contributed by atoms with Gasteiger partial charge in [-0.1, -0.05) is 196 Å². The normalized spacial score (nSPS) is 11.9. The molecule has 6 heteroatoms. The van der Waals surface area contributed by atoms with Gasteiger partial charge in [-0.2, -0.15) is 0 Å². The standard InChI is InChI=1S/C50H55N3OS2/c1-3-52(4-2)37-38-53(39-40-55-49(42-23-11-5-12-24-42,43-25-13-6-14-26-43)44-27-15-7-16-28-44)36-35-51-48(54)41-56-50(45-29-17-8-18-30-45,46-31-19-9-20-32-46)47-33-21-10-22-34-47/h5-34H,3-4,35-41H2,1-2H3,(H,51,54). The molecule has 1 amide bonds. The summed E-state index contributed by atoms with van der Waals surface area (Å²) in [6, 6.07) is 64.6. The summed E-state index contributed by atoms with van der Waals surface area (Å²) in [7, 11) is 0. The number of benzene rings is 6. The van der Waals surface area contributed by atoms with Gasteiger partial charge in [0.05, 0.1) is 15.2 Å². The lowest BCUT2D eigenvalue weighted by molar-refractivity contribution is -0.118. The lowest BCUT2D eigenvalue weighted by Gasteiger charge is -2.36. The minimum Gasteiger partial charge on any atom is -0.354 e. The fourth-order valence-corrected chi connectivity index (χ4v) is 10.5. The third kappa shape index (κ3) is 10.0. The molecular weight excluding hydrogens is 723 g/mol. The van der Waals surface area contributed by atoms with Crippen LogP contribution in [0.1, 0.15) is 47.2 Å².